The number of H-pyrrole nitrogens is 1. The summed E-state index contributed by atoms with van der Waals surface area (Å²) in [5.41, 5.74) is 4.37. The van der Waals surface area contributed by atoms with Crippen molar-refractivity contribution in [3.8, 4) is 29.4 Å². The van der Waals surface area contributed by atoms with Crippen molar-refractivity contribution in [3.05, 3.63) is 94.4 Å². The number of anilines is 1. The number of rotatable bonds is 9. The Morgan fingerprint density at radius 1 is 1.01 bits per heavy atom. The van der Waals surface area contributed by atoms with Gasteiger partial charge in [0.05, 0.1) is 23.4 Å². The molecule has 7 heterocycles. The van der Waals surface area contributed by atoms with Gasteiger partial charge in [0, 0.05) is 97.2 Å². The highest BCUT2D eigenvalue weighted by molar-refractivity contribution is 5.93. The highest BCUT2D eigenvalue weighted by Gasteiger charge is 2.56. The maximum absolute atomic E-state index is 14.6. The van der Waals surface area contributed by atoms with E-state index in [1.807, 2.05) is 51.4 Å². The molecule has 4 atom stereocenters. The Bertz CT molecular complexity index is 2880. The molecule has 5 aromatic rings. The molecule has 4 amide bonds. The second-order valence-corrected chi connectivity index (χ2v) is 21.1. The van der Waals surface area contributed by atoms with Gasteiger partial charge in [-0.3, -0.25) is 9.59 Å². The van der Waals surface area contributed by atoms with E-state index in [-0.39, 0.29) is 53.9 Å². The Morgan fingerprint density at radius 2 is 1.74 bits per heavy atom. The van der Waals surface area contributed by atoms with E-state index in [1.54, 1.807) is 17.0 Å². The van der Waals surface area contributed by atoms with Gasteiger partial charge in [-0.1, -0.05) is 38.8 Å². The summed E-state index contributed by atoms with van der Waals surface area (Å²) < 4.78 is 28.9. The van der Waals surface area contributed by atoms with Crippen molar-refractivity contribution in [3.63, 3.8) is 0 Å². The molecule has 5 N–H and O–H groups in total. The Balaban J connectivity index is 0.695. The average Bonchev–Trinajstić information content (AvgIpc) is 3.90. The number of aliphatic hydroxyl groups excluding tert-OH is 1. The number of amides is 4. The van der Waals surface area contributed by atoms with Crippen molar-refractivity contribution in [1.29, 1.82) is 0 Å². The van der Waals surface area contributed by atoms with Crippen molar-refractivity contribution in [2.24, 2.45) is 10.8 Å². The van der Waals surface area contributed by atoms with Crippen LogP contribution in [0.25, 0.3) is 22.3 Å². The number of hydrogen-bond donors (Lipinski definition) is 5. The van der Waals surface area contributed by atoms with Crippen LogP contribution in [0.3, 0.4) is 0 Å². The molecule has 10 rings (SSSR count). The number of carbonyl (C=O) groups excluding carboxylic acids is 3. The van der Waals surface area contributed by atoms with Crippen LogP contribution >= 0.6 is 0 Å². The number of benzene rings is 2. The van der Waals surface area contributed by atoms with Gasteiger partial charge in [-0.05, 0) is 92.9 Å². The van der Waals surface area contributed by atoms with E-state index in [9.17, 15) is 33.4 Å². The molecular formula is C52H59F2N11O5. The highest BCUT2D eigenvalue weighted by Crippen LogP contribution is 2.51. The number of β-amino-alcohol motifs (C(OH)–C–C–N with tert-alkyl or cyclic N) is 1. The molecule has 18 heteroatoms. The van der Waals surface area contributed by atoms with Crippen molar-refractivity contribution in [2.45, 2.75) is 109 Å². The molecule has 366 valence electrons. The molecule has 70 heavy (non-hydrogen) atoms. The van der Waals surface area contributed by atoms with Gasteiger partial charge in [0.25, 0.3) is 0 Å². The molecule has 16 nitrogen and oxygen atoms in total. The van der Waals surface area contributed by atoms with Crippen molar-refractivity contribution in [1.82, 2.24) is 50.5 Å². The number of para-hydroxylation sites is 1. The fourth-order valence-corrected chi connectivity index (χ4v) is 11.5. The first kappa shape index (κ1) is 47.0. The predicted molar refractivity (Wildman–Crippen MR) is 257 cm³/mol. The molecular weight excluding hydrogens is 897 g/mol. The number of phenolic OH excluding ortho intramolecular Hbond substituents is 1. The monoisotopic (exact) mass is 955 g/mol. The molecule has 3 aromatic heterocycles. The Labute approximate surface area is 405 Å². The number of nitrogens with one attached hydrogen (secondary N) is 3. The fraction of sp³-hybridized carbons (Fsp3) is 0.481. The molecule has 1 spiro atoms. The van der Waals surface area contributed by atoms with E-state index in [4.69, 9.17) is 16.4 Å². The summed E-state index contributed by atoms with van der Waals surface area (Å²) in [4.78, 5) is 62.3. The molecule has 0 bridgehead atoms. The van der Waals surface area contributed by atoms with Crippen molar-refractivity contribution in [2.75, 3.05) is 44.2 Å². The maximum atomic E-state index is 14.6. The van der Waals surface area contributed by atoms with Crippen LogP contribution in [0, 0.1) is 34.8 Å². The summed E-state index contributed by atoms with van der Waals surface area (Å²) >= 11 is 0. The van der Waals surface area contributed by atoms with Crippen molar-refractivity contribution >= 4 is 34.8 Å². The minimum atomic E-state index is -1.07. The first-order valence-electron chi connectivity index (χ1n) is 24.2. The molecule has 2 aromatic carbocycles. The van der Waals surface area contributed by atoms with Gasteiger partial charge in [-0.2, -0.15) is 0 Å². The normalized spacial score (nSPS) is 22.0. The van der Waals surface area contributed by atoms with Gasteiger partial charge in [0.1, 0.15) is 29.5 Å². The number of phenols is 1. The summed E-state index contributed by atoms with van der Waals surface area (Å²) in [5.74, 6) is 0.592. The van der Waals surface area contributed by atoms with Gasteiger partial charge in [-0.15, -0.1) is 16.6 Å². The third-order valence-corrected chi connectivity index (χ3v) is 15.4. The van der Waals surface area contributed by atoms with E-state index < -0.39 is 47.1 Å². The number of hydrogen-bond acceptors (Lipinski definition) is 11. The number of piperidine rings is 1. The van der Waals surface area contributed by atoms with E-state index >= 15 is 0 Å². The zero-order valence-electron chi connectivity index (χ0n) is 39.9. The van der Waals surface area contributed by atoms with Crippen LogP contribution in [0.2, 0.25) is 0 Å². The standard InChI is InChI=1S/C52H59F2N11O5/c1-6-30-17-39(54)32(18-38(30)53)23-55-47(68)42-19-35(66)26-65(42)48(69)45(51(3,4)5)59-50(70)63-27-52(28-63)21-34(22-52)62-14-11-31(12-15-62)33-24-56-49(57-25-33)64-16-13-40-44(29(64)2)37-20-41(60-61-46(37)58-40)36-9-7-8-10-43(36)67/h1,7-10,17-18,20,24-25,29,31,34-35,42,45,66-67H,11-16,19,21-23,26-28H2,2-5H3,(H,55,68)(H,58,61)(H,59,70)/t29-,35-,42+,45-/m1/s1. The van der Waals surface area contributed by atoms with Gasteiger partial charge in [0.15, 0.2) is 5.65 Å². The SMILES string of the molecule is C#Cc1cc(F)c(CNC(=O)[C@@H]2C[C@@H](O)CN2C(=O)[C@@H](NC(=O)N2CC3(CC(N4CCC(c5cnc(N6CCc7[nH]c8nnc(-c9ccccc9O)cc8c7[C@H]6C)nc5)CC4)C3)C2)C(C)(C)C)cc1F. The number of halogens is 2. The van der Waals surface area contributed by atoms with Gasteiger partial charge < -0.3 is 45.4 Å². The molecule has 4 fully saturated rings. The zero-order valence-corrected chi connectivity index (χ0v) is 39.9. The Hall–Kier alpha value is -6.71. The highest BCUT2D eigenvalue weighted by atomic mass is 19.1. The number of terminal acetylenes is 1. The summed E-state index contributed by atoms with van der Waals surface area (Å²) in [5, 5.41) is 36.4. The number of carbonyl (C=O) groups is 3. The first-order chi connectivity index (χ1) is 33.5. The van der Waals surface area contributed by atoms with Crippen LogP contribution in [0.15, 0.2) is 54.9 Å². The summed E-state index contributed by atoms with van der Waals surface area (Å²) in [7, 11) is 0. The number of aromatic amines is 1. The summed E-state index contributed by atoms with van der Waals surface area (Å²) in [6.07, 6.45) is 13.0. The summed E-state index contributed by atoms with van der Waals surface area (Å²) in [6.45, 7) is 11.1. The third-order valence-electron chi connectivity index (χ3n) is 15.4. The Kier molecular flexibility index (Phi) is 12.2. The third kappa shape index (κ3) is 8.78. The first-order valence-corrected chi connectivity index (χ1v) is 24.2. The van der Waals surface area contributed by atoms with Crippen LogP contribution in [0.4, 0.5) is 19.5 Å². The smallest absolute Gasteiger partial charge is 0.318 e. The number of nitrogens with zero attached hydrogens (tertiary/aromatic N) is 8. The molecule has 0 radical (unpaired) electrons. The number of aliphatic hydroxyl groups is 1. The number of likely N-dealkylation sites (tertiary alicyclic amines) is 3. The van der Waals surface area contributed by atoms with Crippen LogP contribution < -0.4 is 15.5 Å². The zero-order chi connectivity index (χ0) is 49.2. The Morgan fingerprint density at radius 3 is 2.44 bits per heavy atom. The molecule has 4 aliphatic heterocycles. The molecule has 0 unspecified atom stereocenters. The minimum Gasteiger partial charge on any atom is -0.507 e. The van der Waals surface area contributed by atoms with E-state index in [2.05, 4.69) is 48.5 Å². The minimum absolute atomic E-state index is 0.00586. The quantitative estimate of drug-likeness (QED) is 0.116. The molecule has 3 saturated heterocycles. The summed E-state index contributed by atoms with van der Waals surface area (Å²) in [6, 6.07) is 8.98. The lowest BCUT2D eigenvalue weighted by atomic mass is 9.60. The molecule has 1 aliphatic carbocycles. The predicted octanol–water partition coefficient (Wildman–Crippen LogP) is 5.55. The van der Waals surface area contributed by atoms with E-state index in [0.717, 1.165) is 91.7 Å². The van der Waals surface area contributed by atoms with E-state index in [1.165, 1.54) is 4.90 Å². The molecule has 5 aliphatic rings. The lowest BCUT2D eigenvalue weighted by molar-refractivity contribution is -0.142. The van der Waals surface area contributed by atoms with Gasteiger partial charge >= 0.3 is 6.03 Å². The lowest BCUT2D eigenvalue weighted by Crippen LogP contribution is -2.70. The van der Waals surface area contributed by atoms with Crippen molar-refractivity contribution < 1.29 is 33.4 Å². The van der Waals surface area contributed by atoms with E-state index in [0.29, 0.717) is 42.3 Å². The average molecular weight is 956 g/mol. The number of fused-ring (bicyclic) bond motifs is 3. The van der Waals surface area contributed by atoms with Crippen LogP contribution in [0.1, 0.15) is 99.7 Å². The van der Waals surface area contributed by atoms with Crippen LogP contribution in [0.5, 0.6) is 5.75 Å². The molecule has 1 saturated carbocycles. The fourth-order valence-electron chi connectivity index (χ4n) is 11.5. The largest absolute Gasteiger partial charge is 0.507 e. The number of aromatic nitrogens is 5. The lowest BCUT2D eigenvalue weighted by Gasteiger charge is -2.61. The van der Waals surface area contributed by atoms with Gasteiger partial charge in [0.2, 0.25) is 17.8 Å². The second kappa shape index (κ2) is 18.2. The number of urea groups is 1. The van der Waals surface area contributed by atoms with Crippen LogP contribution in [-0.2, 0) is 22.6 Å². The number of aromatic hydroxyl groups is 1. The van der Waals surface area contributed by atoms with Crippen LogP contribution in [-0.4, -0.2) is 131 Å². The topological polar surface area (TPSA) is 196 Å². The van der Waals surface area contributed by atoms with Gasteiger partial charge in [-0.25, -0.2) is 23.5 Å². The maximum Gasteiger partial charge on any atom is 0.318 e. The second-order valence-electron chi connectivity index (χ2n) is 21.1.